The Bertz CT molecular complexity index is 420. The molecule has 0 aliphatic heterocycles. The van der Waals surface area contributed by atoms with E-state index in [1.165, 1.54) is 0 Å². The van der Waals surface area contributed by atoms with Gasteiger partial charge in [-0.15, -0.1) is 0 Å². The molecule has 0 radical (unpaired) electrons. The van der Waals surface area contributed by atoms with E-state index < -0.39 is 0 Å². The van der Waals surface area contributed by atoms with Gasteiger partial charge in [0.05, 0.1) is 6.26 Å². The second-order valence-corrected chi connectivity index (χ2v) is 2.84. The van der Waals surface area contributed by atoms with Crippen molar-refractivity contribution < 1.29 is 4.42 Å². The van der Waals surface area contributed by atoms with Crippen LogP contribution in [0, 0.1) is 0 Å². The van der Waals surface area contributed by atoms with E-state index in [1.54, 1.807) is 6.26 Å². The number of para-hydroxylation sites is 1. The molecule has 0 saturated heterocycles. The van der Waals surface area contributed by atoms with E-state index in [9.17, 15) is 0 Å². The molecule has 14 heavy (non-hydrogen) atoms. The van der Waals surface area contributed by atoms with Gasteiger partial charge >= 0.3 is 0 Å². The van der Waals surface area contributed by atoms with Crippen LogP contribution in [0.2, 0.25) is 0 Å². The first-order chi connectivity index (χ1) is 6.97. The van der Waals surface area contributed by atoms with Crippen LogP contribution < -0.4 is 0 Å². The van der Waals surface area contributed by atoms with Crippen molar-refractivity contribution in [1.82, 2.24) is 4.98 Å². The van der Waals surface area contributed by atoms with Crippen molar-refractivity contribution in [2.45, 2.75) is 0 Å². The first-order valence-corrected chi connectivity index (χ1v) is 4.47. The number of hydrogen-bond acceptors (Lipinski definition) is 1. The van der Waals surface area contributed by atoms with E-state index in [1.807, 2.05) is 54.9 Å². The fourth-order valence-electron chi connectivity index (χ4n) is 1.18. The summed E-state index contributed by atoms with van der Waals surface area (Å²) in [7, 11) is 0. The Morgan fingerprint density at radius 1 is 0.857 bits per heavy atom. The van der Waals surface area contributed by atoms with Gasteiger partial charge in [0, 0.05) is 17.8 Å². The monoisotopic (exact) mass is 185 g/mol. The molecule has 2 heterocycles. The fourth-order valence-corrected chi connectivity index (χ4v) is 1.18. The lowest BCUT2D eigenvalue weighted by Crippen LogP contribution is -1.57. The van der Waals surface area contributed by atoms with Crippen LogP contribution in [0.25, 0.3) is 11.0 Å². The number of fused-ring (bicyclic) bond motifs is 1. The summed E-state index contributed by atoms with van der Waals surface area (Å²) < 4.78 is 5.12. The summed E-state index contributed by atoms with van der Waals surface area (Å²) in [5, 5.41) is 1.16. The minimum absolute atomic E-state index is 0.956. The van der Waals surface area contributed by atoms with Gasteiger partial charge in [-0.2, -0.15) is 0 Å². The molecule has 0 aliphatic rings. The molecule has 1 aromatic carbocycles. The SMILES string of the molecule is c1cc[nH]c1.c1ccc2occc2c1. The van der Waals surface area contributed by atoms with Crippen LogP contribution >= 0.6 is 0 Å². The van der Waals surface area contributed by atoms with Crippen molar-refractivity contribution >= 4 is 11.0 Å². The first-order valence-electron chi connectivity index (χ1n) is 4.47. The number of aromatic amines is 1. The summed E-state index contributed by atoms with van der Waals surface area (Å²) in [6.07, 6.45) is 5.45. The zero-order valence-corrected chi connectivity index (χ0v) is 7.68. The van der Waals surface area contributed by atoms with Gasteiger partial charge in [-0.3, -0.25) is 0 Å². The van der Waals surface area contributed by atoms with E-state index in [2.05, 4.69) is 4.98 Å². The van der Waals surface area contributed by atoms with Crippen molar-refractivity contribution in [2.75, 3.05) is 0 Å². The largest absolute Gasteiger partial charge is 0.464 e. The Hall–Kier alpha value is -1.96. The Morgan fingerprint density at radius 3 is 2.29 bits per heavy atom. The predicted octanol–water partition coefficient (Wildman–Crippen LogP) is 3.45. The van der Waals surface area contributed by atoms with Crippen LogP contribution in [-0.4, -0.2) is 4.98 Å². The van der Waals surface area contributed by atoms with Crippen LogP contribution in [0.4, 0.5) is 0 Å². The average molecular weight is 185 g/mol. The van der Waals surface area contributed by atoms with Crippen molar-refractivity contribution in [1.29, 1.82) is 0 Å². The molecule has 2 nitrogen and oxygen atoms in total. The Morgan fingerprint density at radius 2 is 1.64 bits per heavy atom. The number of furan rings is 1. The highest BCUT2D eigenvalue weighted by molar-refractivity contribution is 5.76. The number of hydrogen-bond donors (Lipinski definition) is 1. The topological polar surface area (TPSA) is 28.9 Å². The highest BCUT2D eigenvalue weighted by Crippen LogP contribution is 2.12. The van der Waals surface area contributed by atoms with Crippen LogP contribution in [0.1, 0.15) is 0 Å². The number of H-pyrrole nitrogens is 1. The standard InChI is InChI=1S/C8H6O.C4H5N/c1-2-4-8-7(3-1)5-6-9-8;1-2-4-5-3-1/h1-6H;1-5H. The Kier molecular flexibility index (Phi) is 2.67. The number of aromatic nitrogens is 1. The molecule has 0 atom stereocenters. The normalized spacial score (nSPS) is 9.43. The third-order valence-electron chi connectivity index (χ3n) is 1.86. The third kappa shape index (κ3) is 2.04. The summed E-state index contributed by atoms with van der Waals surface area (Å²) in [6, 6.07) is 13.8. The van der Waals surface area contributed by atoms with E-state index in [0.29, 0.717) is 0 Å². The molecular formula is C12H11NO. The Labute approximate surface area is 82.2 Å². The van der Waals surface area contributed by atoms with Crippen molar-refractivity contribution in [3.8, 4) is 0 Å². The molecule has 1 N–H and O–H groups in total. The quantitative estimate of drug-likeness (QED) is 0.571. The van der Waals surface area contributed by atoms with Gasteiger partial charge < -0.3 is 9.40 Å². The fraction of sp³-hybridized carbons (Fsp3) is 0. The van der Waals surface area contributed by atoms with Crippen LogP contribution in [0.15, 0.2) is 65.5 Å². The number of rotatable bonds is 0. The molecule has 0 unspecified atom stereocenters. The molecule has 0 spiro atoms. The zero-order chi connectivity index (χ0) is 9.64. The first kappa shape index (κ1) is 8.63. The lowest BCUT2D eigenvalue weighted by molar-refractivity contribution is 0.616. The van der Waals surface area contributed by atoms with Gasteiger partial charge in [0.25, 0.3) is 0 Å². The maximum Gasteiger partial charge on any atom is 0.133 e. The number of benzene rings is 1. The van der Waals surface area contributed by atoms with Gasteiger partial charge in [-0.05, 0) is 24.3 Å². The molecule has 2 aromatic heterocycles. The number of nitrogens with one attached hydrogen (secondary N) is 1. The Balaban J connectivity index is 0.000000128. The highest BCUT2D eigenvalue weighted by atomic mass is 16.3. The van der Waals surface area contributed by atoms with Crippen LogP contribution in [0.5, 0.6) is 0 Å². The molecule has 2 heteroatoms. The summed E-state index contributed by atoms with van der Waals surface area (Å²) in [5.41, 5.74) is 0.956. The third-order valence-corrected chi connectivity index (χ3v) is 1.86. The van der Waals surface area contributed by atoms with Gasteiger partial charge in [-0.1, -0.05) is 18.2 Å². The molecule has 70 valence electrons. The summed E-state index contributed by atoms with van der Waals surface area (Å²) in [6.45, 7) is 0. The van der Waals surface area contributed by atoms with Gasteiger partial charge in [-0.25, -0.2) is 0 Å². The molecule has 0 bridgehead atoms. The van der Waals surface area contributed by atoms with E-state index in [-0.39, 0.29) is 0 Å². The smallest absolute Gasteiger partial charge is 0.133 e. The van der Waals surface area contributed by atoms with E-state index in [4.69, 9.17) is 4.42 Å². The molecule has 0 aliphatic carbocycles. The van der Waals surface area contributed by atoms with Gasteiger partial charge in [0.1, 0.15) is 5.58 Å². The lowest BCUT2D eigenvalue weighted by atomic mass is 10.3. The molecule has 0 saturated carbocycles. The second kappa shape index (κ2) is 4.33. The van der Waals surface area contributed by atoms with Gasteiger partial charge in [0.15, 0.2) is 0 Å². The minimum Gasteiger partial charge on any atom is -0.464 e. The van der Waals surface area contributed by atoms with Gasteiger partial charge in [0.2, 0.25) is 0 Å². The highest BCUT2D eigenvalue weighted by Gasteiger charge is 1.89. The van der Waals surface area contributed by atoms with Crippen molar-refractivity contribution in [3.05, 3.63) is 61.1 Å². The molecular weight excluding hydrogens is 174 g/mol. The summed E-state index contributed by atoms with van der Waals surface area (Å²) >= 11 is 0. The van der Waals surface area contributed by atoms with Crippen LogP contribution in [-0.2, 0) is 0 Å². The summed E-state index contributed by atoms with van der Waals surface area (Å²) in [5.74, 6) is 0. The zero-order valence-electron chi connectivity index (χ0n) is 7.68. The maximum absolute atomic E-state index is 5.12. The van der Waals surface area contributed by atoms with Crippen LogP contribution in [0.3, 0.4) is 0 Å². The van der Waals surface area contributed by atoms with E-state index >= 15 is 0 Å². The maximum atomic E-state index is 5.12. The van der Waals surface area contributed by atoms with Crippen molar-refractivity contribution in [2.24, 2.45) is 0 Å². The average Bonchev–Trinajstić information content (AvgIpc) is 2.92. The summed E-state index contributed by atoms with van der Waals surface area (Å²) in [4.78, 5) is 2.86. The van der Waals surface area contributed by atoms with Crippen molar-refractivity contribution in [3.63, 3.8) is 0 Å². The molecule has 0 fully saturated rings. The molecule has 0 amide bonds. The van der Waals surface area contributed by atoms with E-state index in [0.717, 1.165) is 11.0 Å². The predicted molar refractivity (Wildman–Crippen MR) is 57.0 cm³/mol. The molecule has 3 rings (SSSR count). The molecule has 3 aromatic rings. The lowest BCUT2D eigenvalue weighted by Gasteiger charge is -1.81. The minimum atomic E-state index is 0.956. The second-order valence-electron chi connectivity index (χ2n) is 2.84.